The number of hydrogen-bond acceptors (Lipinski definition) is 1. The van der Waals surface area contributed by atoms with Crippen LogP contribution in [-0.4, -0.2) is 4.75 Å². The van der Waals surface area contributed by atoms with Gasteiger partial charge in [-0.25, -0.2) is 0 Å². The lowest BCUT2D eigenvalue weighted by molar-refractivity contribution is 0.685. The molecule has 1 unspecified atom stereocenters. The molecule has 1 atom stereocenters. The lowest BCUT2D eigenvalue weighted by atomic mass is 9.82. The SMILES string of the molecule is C=C(C)C(S)(CCC)C(=C)C(C=C(C)C)=C(C)C. The summed E-state index contributed by atoms with van der Waals surface area (Å²) in [5.41, 5.74) is 5.90. The average Bonchev–Trinajstić information content (AvgIpc) is 2.24. The van der Waals surface area contributed by atoms with Crippen LogP contribution in [0.15, 0.2) is 47.1 Å². The molecule has 0 saturated carbocycles. The molecular formula is C17H28S. The highest BCUT2D eigenvalue weighted by Gasteiger charge is 2.30. The van der Waals surface area contributed by atoms with Gasteiger partial charge in [-0.2, -0.15) is 12.6 Å². The van der Waals surface area contributed by atoms with E-state index in [0.717, 1.165) is 24.0 Å². The molecule has 0 fully saturated rings. The van der Waals surface area contributed by atoms with E-state index in [-0.39, 0.29) is 4.75 Å². The summed E-state index contributed by atoms with van der Waals surface area (Å²) in [7, 11) is 0. The first kappa shape index (κ1) is 17.3. The predicted octanol–water partition coefficient (Wildman–Crippen LogP) is 5.89. The van der Waals surface area contributed by atoms with Gasteiger partial charge in [0.25, 0.3) is 0 Å². The van der Waals surface area contributed by atoms with Gasteiger partial charge in [0, 0.05) is 0 Å². The number of hydrogen-bond donors (Lipinski definition) is 1. The third-order valence-electron chi connectivity index (χ3n) is 3.11. The zero-order chi connectivity index (χ0) is 14.5. The van der Waals surface area contributed by atoms with Gasteiger partial charge >= 0.3 is 0 Å². The maximum atomic E-state index is 4.88. The molecule has 0 aromatic carbocycles. The highest BCUT2D eigenvalue weighted by atomic mass is 32.1. The summed E-state index contributed by atoms with van der Waals surface area (Å²) >= 11 is 4.88. The quantitative estimate of drug-likeness (QED) is 0.345. The van der Waals surface area contributed by atoms with E-state index in [1.54, 1.807) is 0 Å². The maximum absolute atomic E-state index is 4.88. The van der Waals surface area contributed by atoms with E-state index in [1.165, 1.54) is 16.7 Å². The Morgan fingerprint density at radius 1 is 1.11 bits per heavy atom. The molecule has 0 bridgehead atoms. The van der Waals surface area contributed by atoms with Crippen molar-refractivity contribution >= 4 is 12.6 Å². The first-order chi connectivity index (χ1) is 8.16. The Morgan fingerprint density at radius 2 is 1.61 bits per heavy atom. The largest absolute Gasteiger partial charge is 0.163 e. The molecule has 0 amide bonds. The van der Waals surface area contributed by atoms with Crippen molar-refractivity contribution < 1.29 is 0 Å². The fourth-order valence-electron chi connectivity index (χ4n) is 2.03. The molecule has 0 aromatic heterocycles. The smallest absolute Gasteiger partial charge is 0.0581 e. The molecule has 0 aliphatic heterocycles. The highest BCUT2D eigenvalue weighted by Crippen LogP contribution is 2.40. The molecule has 102 valence electrons. The topological polar surface area (TPSA) is 0 Å². The fourth-order valence-corrected chi connectivity index (χ4v) is 2.37. The first-order valence-electron chi connectivity index (χ1n) is 6.57. The van der Waals surface area contributed by atoms with Crippen LogP contribution in [0.3, 0.4) is 0 Å². The average molecular weight is 264 g/mol. The Morgan fingerprint density at radius 3 is 1.89 bits per heavy atom. The fraction of sp³-hybridized carbons (Fsp3) is 0.529. The monoisotopic (exact) mass is 264 g/mol. The summed E-state index contributed by atoms with van der Waals surface area (Å²) in [6.07, 6.45) is 4.24. The highest BCUT2D eigenvalue weighted by molar-refractivity contribution is 7.82. The molecule has 0 aliphatic carbocycles. The Hall–Kier alpha value is -0.690. The van der Waals surface area contributed by atoms with E-state index >= 15 is 0 Å². The molecule has 0 saturated heterocycles. The second-order valence-corrected chi connectivity index (χ2v) is 6.27. The molecule has 18 heavy (non-hydrogen) atoms. The van der Waals surface area contributed by atoms with Gasteiger partial charge in [-0.15, -0.1) is 0 Å². The Labute approximate surface area is 119 Å². The molecule has 0 aromatic rings. The summed E-state index contributed by atoms with van der Waals surface area (Å²) in [5, 5.41) is 0. The lowest BCUT2D eigenvalue weighted by Crippen LogP contribution is -2.26. The van der Waals surface area contributed by atoms with Crippen LogP contribution in [0.1, 0.15) is 54.4 Å². The van der Waals surface area contributed by atoms with Crippen LogP contribution in [0.25, 0.3) is 0 Å². The van der Waals surface area contributed by atoms with Crippen LogP contribution in [-0.2, 0) is 0 Å². The standard InChI is InChI=1S/C17H28S/c1-9-10-17(18,14(6)7)15(8)16(13(4)5)11-12(2)3/h11,18H,6,8-10H2,1-5,7H3. The Kier molecular flexibility index (Phi) is 6.77. The van der Waals surface area contributed by atoms with Gasteiger partial charge < -0.3 is 0 Å². The van der Waals surface area contributed by atoms with Crippen molar-refractivity contribution in [3.05, 3.63) is 47.1 Å². The lowest BCUT2D eigenvalue weighted by Gasteiger charge is -2.33. The van der Waals surface area contributed by atoms with Crippen molar-refractivity contribution in [3.8, 4) is 0 Å². The zero-order valence-corrected chi connectivity index (χ0v) is 13.7. The molecule has 1 heteroatoms. The van der Waals surface area contributed by atoms with E-state index in [0.29, 0.717) is 0 Å². The molecule has 0 aliphatic rings. The van der Waals surface area contributed by atoms with Crippen LogP contribution in [0, 0.1) is 0 Å². The van der Waals surface area contributed by atoms with Crippen molar-refractivity contribution in [1.29, 1.82) is 0 Å². The summed E-state index contributed by atoms with van der Waals surface area (Å²) in [6, 6.07) is 0. The van der Waals surface area contributed by atoms with Crippen LogP contribution in [0.2, 0.25) is 0 Å². The maximum Gasteiger partial charge on any atom is 0.0581 e. The van der Waals surface area contributed by atoms with Gasteiger partial charge in [0.15, 0.2) is 0 Å². The molecule has 0 nitrogen and oxygen atoms in total. The second-order valence-electron chi connectivity index (χ2n) is 5.50. The molecule has 0 N–H and O–H groups in total. The number of rotatable bonds is 6. The Bertz CT molecular complexity index is 388. The van der Waals surface area contributed by atoms with E-state index in [2.05, 4.69) is 53.9 Å². The van der Waals surface area contributed by atoms with E-state index < -0.39 is 0 Å². The summed E-state index contributed by atoms with van der Waals surface area (Å²) < 4.78 is -0.298. The molecule has 0 rings (SSSR count). The Balaban J connectivity index is 5.65. The number of allylic oxidation sites excluding steroid dienone is 4. The first-order valence-corrected chi connectivity index (χ1v) is 7.02. The molecule has 0 radical (unpaired) electrons. The van der Waals surface area contributed by atoms with Crippen molar-refractivity contribution in [3.63, 3.8) is 0 Å². The van der Waals surface area contributed by atoms with Crippen LogP contribution in [0.4, 0.5) is 0 Å². The normalized spacial score (nSPS) is 13.5. The van der Waals surface area contributed by atoms with E-state index in [4.69, 9.17) is 12.6 Å². The van der Waals surface area contributed by atoms with Gasteiger partial charge in [0.2, 0.25) is 0 Å². The zero-order valence-electron chi connectivity index (χ0n) is 12.9. The minimum absolute atomic E-state index is 0.298. The predicted molar refractivity (Wildman–Crippen MR) is 88.4 cm³/mol. The van der Waals surface area contributed by atoms with Crippen molar-refractivity contribution in [1.82, 2.24) is 0 Å². The summed E-state index contributed by atoms with van der Waals surface area (Å²) in [5.74, 6) is 0. The minimum atomic E-state index is -0.298. The van der Waals surface area contributed by atoms with Crippen molar-refractivity contribution in [2.24, 2.45) is 0 Å². The van der Waals surface area contributed by atoms with Gasteiger partial charge in [0.1, 0.15) is 0 Å². The summed E-state index contributed by atoms with van der Waals surface area (Å²) in [6.45, 7) is 21.1. The van der Waals surface area contributed by atoms with Crippen molar-refractivity contribution in [2.75, 3.05) is 0 Å². The molecule has 0 heterocycles. The van der Waals surface area contributed by atoms with Crippen LogP contribution >= 0.6 is 12.6 Å². The van der Waals surface area contributed by atoms with Gasteiger partial charge in [-0.1, -0.05) is 49.3 Å². The van der Waals surface area contributed by atoms with Crippen LogP contribution < -0.4 is 0 Å². The minimum Gasteiger partial charge on any atom is -0.163 e. The van der Waals surface area contributed by atoms with Gasteiger partial charge in [0.05, 0.1) is 4.75 Å². The van der Waals surface area contributed by atoms with Gasteiger partial charge in [-0.3, -0.25) is 0 Å². The van der Waals surface area contributed by atoms with E-state index in [1.807, 2.05) is 6.92 Å². The van der Waals surface area contributed by atoms with E-state index in [9.17, 15) is 0 Å². The third-order valence-corrected chi connectivity index (χ3v) is 3.99. The molecular weight excluding hydrogens is 236 g/mol. The van der Waals surface area contributed by atoms with Crippen LogP contribution in [0.5, 0.6) is 0 Å². The second kappa shape index (κ2) is 7.04. The summed E-state index contributed by atoms with van der Waals surface area (Å²) in [4.78, 5) is 0. The molecule has 0 spiro atoms. The number of thiol groups is 1. The van der Waals surface area contributed by atoms with Gasteiger partial charge in [-0.05, 0) is 52.2 Å². The van der Waals surface area contributed by atoms with Crippen molar-refractivity contribution in [2.45, 2.75) is 59.1 Å². The third kappa shape index (κ3) is 4.20.